The molecule has 0 aliphatic heterocycles. The molecule has 0 spiro atoms. The van der Waals surface area contributed by atoms with Crippen molar-refractivity contribution < 1.29 is 22.8 Å². The van der Waals surface area contributed by atoms with Crippen LogP contribution in [0.1, 0.15) is 89.5 Å². The van der Waals surface area contributed by atoms with Crippen LogP contribution in [0.2, 0.25) is 0 Å². The molecule has 0 saturated heterocycles. The highest BCUT2D eigenvalue weighted by Crippen LogP contribution is 2.38. The molecule has 2 rings (SSSR count). The number of rotatable bonds is 16. The van der Waals surface area contributed by atoms with E-state index in [9.17, 15) is 18.1 Å². The fraction of sp³-hybridized carbons (Fsp3) is 0.538. The van der Waals surface area contributed by atoms with E-state index in [1.165, 1.54) is 69.9 Å². The minimum Gasteiger partial charge on any atom is -0.508 e. The van der Waals surface area contributed by atoms with Crippen LogP contribution in [0.15, 0.2) is 47.4 Å². The Bertz CT molecular complexity index is 894. The Balaban J connectivity index is 1.86. The molecule has 6 heteroatoms. The van der Waals surface area contributed by atoms with Crippen LogP contribution in [0.3, 0.4) is 0 Å². The average Bonchev–Trinajstić information content (AvgIpc) is 2.76. The van der Waals surface area contributed by atoms with Gasteiger partial charge >= 0.3 is 0 Å². The second kappa shape index (κ2) is 14.2. The molecule has 0 fully saturated rings. The minimum absolute atomic E-state index is 0.00164. The number of phenols is 1. The normalized spacial score (nSPS) is 11.6. The molecule has 32 heavy (non-hydrogen) atoms. The molecule has 0 saturated carbocycles. The standard InChI is InChI=1S/C26H38O5S/c1-2-3-4-5-6-7-8-9-10-11-12-16-19-23-24(27)20-21-25(32(28,29)30)26(23)31-22-17-14-13-15-18-22/h13-15,17-18,20-21,27H,2-12,16,19H2,1H3,(H,28,29,30). The highest BCUT2D eigenvalue weighted by Gasteiger charge is 2.23. The van der Waals surface area contributed by atoms with E-state index in [0.717, 1.165) is 19.3 Å². The monoisotopic (exact) mass is 462 g/mol. The first kappa shape index (κ1) is 26.2. The summed E-state index contributed by atoms with van der Waals surface area (Å²) in [6.07, 6.45) is 15.1. The van der Waals surface area contributed by atoms with Gasteiger partial charge in [0.05, 0.1) is 0 Å². The predicted molar refractivity (Wildman–Crippen MR) is 129 cm³/mol. The Morgan fingerprint density at radius 2 is 1.28 bits per heavy atom. The van der Waals surface area contributed by atoms with Crippen molar-refractivity contribution in [1.82, 2.24) is 0 Å². The Hall–Kier alpha value is -2.05. The van der Waals surface area contributed by atoms with E-state index in [0.29, 0.717) is 17.7 Å². The van der Waals surface area contributed by atoms with E-state index in [4.69, 9.17) is 4.74 Å². The second-order valence-corrected chi connectivity index (χ2v) is 9.81. The molecule has 2 N–H and O–H groups in total. The molecule has 2 aromatic rings. The Labute approximate surface area is 193 Å². The second-order valence-electron chi connectivity index (χ2n) is 8.42. The molecule has 0 aliphatic rings. The highest BCUT2D eigenvalue weighted by atomic mass is 32.2. The van der Waals surface area contributed by atoms with Crippen molar-refractivity contribution in [2.75, 3.05) is 0 Å². The molecular weight excluding hydrogens is 424 g/mol. The molecule has 178 valence electrons. The maximum absolute atomic E-state index is 11.9. The zero-order chi connectivity index (χ0) is 23.2. The third-order valence-electron chi connectivity index (χ3n) is 5.72. The Morgan fingerprint density at radius 1 is 0.750 bits per heavy atom. The molecule has 2 aromatic carbocycles. The fourth-order valence-electron chi connectivity index (χ4n) is 3.90. The van der Waals surface area contributed by atoms with Gasteiger partial charge in [-0.15, -0.1) is 0 Å². The maximum Gasteiger partial charge on any atom is 0.298 e. The molecule has 0 heterocycles. The van der Waals surface area contributed by atoms with Gasteiger partial charge in [0.25, 0.3) is 10.1 Å². The lowest BCUT2D eigenvalue weighted by Gasteiger charge is -2.16. The molecule has 0 unspecified atom stereocenters. The summed E-state index contributed by atoms with van der Waals surface area (Å²) in [6.45, 7) is 2.24. The number of benzene rings is 2. The van der Waals surface area contributed by atoms with Crippen molar-refractivity contribution in [2.24, 2.45) is 0 Å². The van der Waals surface area contributed by atoms with Crippen molar-refractivity contribution in [2.45, 2.75) is 95.3 Å². The molecule has 0 atom stereocenters. The summed E-state index contributed by atoms with van der Waals surface area (Å²) in [6, 6.07) is 11.3. The first-order valence-electron chi connectivity index (χ1n) is 12.0. The van der Waals surface area contributed by atoms with E-state index in [2.05, 4.69) is 6.92 Å². The van der Waals surface area contributed by atoms with Crippen molar-refractivity contribution in [3.63, 3.8) is 0 Å². The Kier molecular flexibility index (Phi) is 11.6. The first-order valence-corrected chi connectivity index (χ1v) is 13.4. The van der Waals surface area contributed by atoms with Crippen LogP contribution in [-0.2, 0) is 16.5 Å². The van der Waals surface area contributed by atoms with Crippen molar-refractivity contribution >= 4 is 10.1 Å². The number of aromatic hydroxyl groups is 1. The van der Waals surface area contributed by atoms with Crippen LogP contribution >= 0.6 is 0 Å². The van der Waals surface area contributed by atoms with Crippen LogP contribution < -0.4 is 4.74 Å². The smallest absolute Gasteiger partial charge is 0.298 e. The molecule has 0 radical (unpaired) electrons. The van der Waals surface area contributed by atoms with E-state index < -0.39 is 10.1 Å². The van der Waals surface area contributed by atoms with Gasteiger partial charge < -0.3 is 9.84 Å². The van der Waals surface area contributed by atoms with E-state index in [1.54, 1.807) is 24.3 Å². The number of para-hydroxylation sites is 1. The number of ether oxygens (including phenoxy) is 1. The number of phenolic OH excluding ortho intramolecular Hbond substituents is 1. The van der Waals surface area contributed by atoms with Gasteiger partial charge in [0, 0.05) is 5.56 Å². The SMILES string of the molecule is CCCCCCCCCCCCCCc1c(O)ccc(S(=O)(=O)O)c1Oc1ccccc1. The number of hydrogen-bond acceptors (Lipinski definition) is 4. The van der Waals surface area contributed by atoms with Gasteiger partial charge in [-0.2, -0.15) is 8.42 Å². The maximum atomic E-state index is 11.9. The van der Waals surface area contributed by atoms with Crippen molar-refractivity contribution in [3.8, 4) is 17.2 Å². The largest absolute Gasteiger partial charge is 0.508 e. The summed E-state index contributed by atoms with van der Waals surface area (Å²) >= 11 is 0. The first-order chi connectivity index (χ1) is 15.4. The summed E-state index contributed by atoms with van der Waals surface area (Å²) < 4.78 is 39.2. The summed E-state index contributed by atoms with van der Waals surface area (Å²) in [4.78, 5) is -0.326. The van der Waals surface area contributed by atoms with Crippen molar-refractivity contribution in [1.29, 1.82) is 0 Å². The van der Waals surface area contributed by atoms with Gasteiger partial charge in [0.2, 0.25) is 0 Å². The van der Waals surface area contributed by atoms with Gasteiger partial charge in [-0.1, -0.05) is 95.8 Å². The molecular formula is C26H38O5S. The van der Waals surface area contributed by atoms with Gasteiger partial charge in [-0.25, -0.2) is 0 Å². The topological polar surface area (TPSA) is 83.8 Å². The quantitative estimate of drug-likeness (QED) is 0.197. The zero-order valence-corrected chi connectivity index (χ0v) is 20.1. The number of hydrogen-bond donors (Lipinski definition) is 2. The molecule has 0 bridgehead atoms. The summed E-state index contributed by atoms with van der Waals surface area (Å²) in [5.74, 6) is 0.423. The summed E-state index contributed by atoms with van der Waals surface area (Å²) in [5.41, 5.74) is 0.413. The van der Waals surface area contributed by atoms with Crippen LogP contribution in [0.5, 0.6) is 17.2 Å². The van der Waals surface area contributed by atoms with Crippen molar-refractivity contribution in [3.05, 3.63) is 48.0 Å². The van der Waals surface area contributed by atoms with Gasteiger partial charge in [-0.05, 0) is 37.1 Å². The molecule has 0 aliphatic carbocycles. The zero-order valence-electron chi connectivity index (χ0n) is 19.3. The third kappa shape index (κ3) is 9.21. The van der Waals surface area contributed by atoms with Gasteiger partial charge in [0.15, 0.2) is 5.75 Å². The van der Waals surface area contributed by atoms with Gasteiger partial charge in [-0.3, -0.25) is 4.55 Å². The minimum atomic E-state index is -4.48. The summed E-state index contributed by atoms with van der Waals surface area (Å²) in [7, 11) is -4.48. The lowest BCUT2D eigenvalue weighted by Crippen LogP contribution is -2.04. The van der Waals surface area contributed by atoms with Crippen LogP contribution in [0, 0.1) is 0 Å². The average molecular weight is 463 g/mol. The third-order valence-corrected chi connectivity index (χ3v) is 6.60. The van der Waals surface area contributed by atoms with Crippen LogP contribution in [-0.4, -0.2) is 18.1 Å². The van der Waals surface area contributed by atoms with E-state index in [-0.39, 0.29) is 16.4 Å². The Morgan fingerprint density at radius 3 is 1.81 bits per heavy atom. The lowest BCUT2D eigenvalue weighted by molar-refractivity contribution is 0.425. The molecule has 5 nitrogen and oxygen atoms in total. The van der Waals surface area contributed by atoms with Gasteiger partial charge in [0.1, 0.15) is 16.4 Å². The highest BCUT2D eigenvalue weighted by molar-refractivity contribution is 7.86. The predicted octanol–water partition coefficient (Wildman–Crippen LogP) is 7.67. The van der Waals surface area contributed by atoms with Crippen LogP contribution in [0.25, 0.3) is 0 Å². The van der Waals surface area contributed by atoms with Crippen LogP contribution in [0.4, 0.5) is 0 Å². The molecule has 0 aromatic heterocycles. The fourth-order valence-corrected chi connectivity index (χ4v) is 4.54. The van der Waals surface area contributed by atoms with E-state index in [1.807, 2.05) is 6.07 Å². The lowest BCUT2D eigenvalue weighted by atomic mass is 10.0. The molecule has 0 amide bonds. The number of unbranched alkanes of at least 4 members (excludes halogenated alkanes) is 11. The summed E-state index contributed by atoms with van der Waals surface area (Å²) in [5, 5.41) is 10.4. The van der Waals surface area contributed by atoms with E-state index >= 15 is 0 Å².